The van der Waals surface area contributed by atoms with Gasteiger partial charge in [0.2, 0.25) is 10.0 Å². The number of halogens is 1. The SMILES string of the molecule is CCCC1(O)CN(S(=O)(=O)c2ccc(OC)c(Br)c2)C1. The normalized spacial score (nSPS) is 18.6. The molecule has 2 rings (SSSR count). The van der Waals surface area contributed by atoms with Crippen molar-refractivity contribution < 1.29 is 18.3 Å². The molecule has 1 fully saturated rings. The van der Waals surface area contributed by atoms with Gasteiger partial charge >= 0.3 is 0 Å². The summed E-state index contributed by atoms with van der Waals surface area (Å²) in [6.45, 7) is 2.29. The van der Waals surface area contributed by atoms with Crippen LogP contribution in [0.5, 0.6) is 5.75 Å². The van der Waals surface area contributed by atoms with Crippen molar-refractivity contribution in [3.8, 4) is 5.75 Å². The molecule has 0 saturated carbocycles. The van der Waals surface area contributed by atoms with Crippen molar-refractivity contribution in [1.29, 1.82) is 0 Å². The van der Waals surface area contributed by atoms with Gasteiger partial charge in [-0.2, -0.15) is 4.31 Å². The van der Waals surface area contributed by atoms with Gasteiger partial charge in [0.05, 0.1) is 22.1 Å². The molecule has 0 unspecified atom stereocenters. The van der Waals surface area contributed by atoms with Crippen LogP contribution >= 0.6 is 15.9 Å². The summed E-state index contributed by atoms with van der Waals surface area (Å²) in [5.41, 5.74) is -0.870. The second kappa shape index (κ2) is 5.63. The van der Waals surface area contributed by atoms with Gasteiger partial charge < -0.3 is 9.84 Å². The third kappa shape index (κ3) is 2.86. The van der Waals surface area contributed by atoms with Gasteiger partial charge in [-0.25, -0.2) is 8.42 Å². The van der Waals surface area contributed by atoms with Gasteiger partial charge in [0.1, 0.15) is 5.75 Å². The van der Waals surface area contributed by atoms with Gasteiger partial charge in [-0.15, -0.1) is 0 Å². The molecule has 0 amide bonds. The number of rotatable bonds is 5. The zero-order valence-corrected chi connectivity index (χ0v) is 13.9. The molecule has 112 valence electrons. The Morgan fingerprint density at radius 3 is 2.60 bits per heavy atom. The second-order valence-corrected chi connectivity index (χ2v) is 7.84. The lowest BCUT2D eigenvalue weighted by Gasteiger charge is -2.45. The predicted octanol–water partition coefficient (Wildman–Crippen LogP) is 1.99. The topological polar surface area (TPSA) is 66.8 Å². The summed E-state index contributed by atoms with van der Waals surface area (Å²) in [6, 6.07) is 4.64. The Balaban J connectivity index is 2.19. The first-order valence-corrected chi connectivity index (χ1v) is 8.62. The van der Waals surface area contributed by atoms with Crippen molar-refractivity contribution >= 4 is 26.0 Å². The van der Waals surface area contributed by atoms with E-state index in [0.29, 0.717) is 16.6 Å². The first-order valence-electron chi connectivity index (χ1n) is 6.38. The molecule has 0 aliphatic carbocycles. The number of hydrogen-bond donors (Lipinski definition) is 1. The van der Waals surface area contributed by atoms with Crippen molar-refractivity contribution in [2.45, 2.75) is 30.3 Å². The molecular weight excluding hydrogens is 346 g/mol. The van der Waals surface area contributed by atoms with E-state index in [1.54, 1.807) is 6.07 Å². The first-order chi connectivity index (χ1) is 9.32. The van der Waals surface area contributed by atoms with Gasteiger partial charge in [-0.1, -0.05) is 13.3 Å². The molecule has 1 aliphatic heterocycles. The standard InChI is InChI=1S/C13H18BrNO4S/c1-3-6-13(16)8-15(9-13)20(17,18)10-4-5-12(19-2)11(14)7-10/h4-5,7,16H,3,6,8-9H2,1-2H3. The maximum atomic E-state index is 12.4. The molecule has 1 aliphatic rings. The van der Waals surface area contributed by atoms with Crippen LogP contribution in [0.1, 0.15) is 19.8 Å². The summed E-state index contributed by atoms with van der Waals surface area (Å²) in [5.74, 6) is 0.579. The quantitative estimate of drug-likeness (QED) is 0.868. The zero-order chi connectivity index (χ0) is 15.0. The van der Waals surface area contributed by atoms with Crippen LogP contribution in [0.2, 0.25) is 0 Å². The van der Waals surface area contributed by atoms with Crippen LogP contribution in [-0.4, -0.2) is 43.6 Å². The van der Waals surface area contributed by atoms with E-state index < -0.39 is 15.6 Å². The van der Waals surface area contributed by atoms with Crippen molar-refractivity contribution in [2.75, 3.05) is 20.2 Å². The van der Waals surface area contributed by atoms with E-state index in [-0.39, 0.29) is 18.0 Å². The molecule has 1 N–H and O–H groups in total. The minimum Gasteiger partial charge on any atom is -0.496 e. The molecule has 0 atom stereocenters. The van der Waals surface area contributed by atoms with Crippen LogP contribution in [-0.2, 0) is 10.0 Å². The van der Waals surface area contributed by atoms with Gasteiger partial charge in [-0.3, -0.25) is 0 Å². The molecule has 0 bridgehead atoms. The number of sulfonamides is 1. The number of benzene rings is 1. The zero-order valence-electron chi connectivity index (χ0n) is 11.5. The van der Waals surface area contributed by atoms with Gasteiger partial charge in [0.15, 0.2) is 0 Å². The van der Waals surface area contributed by atoms with Gasteiger partial charge in [-0.05, 0) is 40.5 Å². The average Bonchev–Trinajstić information content (AvgIpc) is 2.36. The van der Waals surface area contributed by atoms with Crippen LogP contribution < -0.4 is 4.74 Å². The summed E-state index contributed by atoms with van der Waals surface area (Å²) in [7, 11) is -2.03. The van der Waals surface area contributed by atoms with Crippen LogP contribution in [0.3, 0.4) is 0 Å². The molecule has 20 heavy (non-hydrogen) atoms. The molecule has 1 aromatic rings. The molecule has 0 spiro atoms. The lowest BCUT2D eigenvalue weighted by atomic mass is 9.92. The Kier molecular flexibility index (Phi) is 4.44. The lowest BCUT2D eigenvalue weighted by molar-refractivity contribution is -0.0653. The lowest BCUT2D eigenvalue weighted by Crippen LogP contribution is -2.63. The van der Waals surface area contributed by atoms with Crippen molar-refractivity contribution in [3.63, 3.8) is 0 Å². The minimum absolute atomic E-state index is 0.160. The Morgan fingerprint density at radius 2 is 2.10 bits per heavy atom. The largest absolute Gasteiger partial charge is 0.496 e. The number of β-amino-alcohol motifs (C(OH)–C–C–N with tert-alkyl or cyclic N) is 1. The molecule has 5 nitrogen and oxygen atoms in total. The van der Waals surface area contributed by atoms with Crippen molar-refractivity contribution in [3.05, 3.63) is 22.7 Å². The van der Waals surface area contributed by atoms with Crippen LogP contribution in [0.25, 0.3) is 0 Å². The molecule has 1 saturated heterocycles. The number of nitrogens with zero attached hydrogens (tertiary/aromatic N) is 1. The second-order valence-electron chi connectivity index (χ2n) is 5.04. The van der Waals surface area contributed by atoms with Crippen LogP contribution in [0, 0.1) is 0 Å². The Hall–Kier alpha value is -0.630. The Morgan fingerprint density at radius 1 is 1.45 bits per heavy atom. The number of aliphatic hydroxyl groups is 1. The van der Waals surface area contributed by atoms with E-state index in [4.69, 9.17) is 4.74 Å². The summed E-state index contributed by atoms with van der Waals surface area (Å²) in [4.78, 5) is 0.198. The van der Waals surface area contributed by atoms with Gasteiger partial charge in [0, 0.05) is 13.1 Å². The Bertz CT molecular complexity index is 596. The highest BCUT2D eigenvalue weighted by atomic mass is 79.9. The number of hydrogen-bond acceptors (Lipinski definition) is 4. The molecule has 0 radical (unpaired) electrons. The minimum atomic E-state index is -3.55. The van der Waals surface area contributed by atoms with Crippen LogP contribution in [0.4, 0.5) is 0 Å². The van der Waals surface area contributed by atoms with Gasteiger partial charge in [0.25, 0.3) is 0 Å². The maximum absolute atomic E-state index is 12.4. The fraction of sp³-hybridized carbons (Fsp3) is 0.538. The molecule has 7 heteroatoms. The summed E-state index contributed by atoms with van der Waals surface area (Å²) in [6.07, 6.45) is 1.45. The predicted molar refractivity (Wildman–Crippen MR) is 79.3 cm³/mol. The van der Waals surface area contributed by atoms with E-state index in [1.807, 2.05) is 6.92 Å². The van der Waals surface area contributed by atoms with E-state index in [0.717, 1.165) is 6.42 Å². The smallest absolute Gasteiger partial charge is 0.243 e. The fourth-order valence-electron chi connectivity index (χ4n) is 2.36. The average molecular weight is 364 g/mol. The highest BCUT2D eigenvalue weighted by Gasteiger charge is 2.46. The summed E-state index contributed by atoms with van der Waals surface area (Å²) < 4.78 is 31.8. The van der Waals surface area contributed by atoms with Crippen molar-refractivity contribution in [2.24, 2.45) is 0 Å². The highest BCUT2D eigenvalue weighted by Crippen LogP contribution is 2.34. The van der Waals surface area contributed by atoms with E-state index in [9.17, 15) is 13.5 Å². The highest BCUT2D eigenvalue weighted by molar-refractivity contribution is 9.10. The summed E-state index contributed by atoms with van der Waals surface area (Å²) >= 11 is 3.28. The third-order valence-electron chi connectivity index (χ3n) is 3.42. The number of ether oxygens (including phenoxy) is 1. The Labute approximate surface area is 127 Å². The molecule has 0 aromatic heterocycles. The number of methoxy groups -OCH3 is 1. The monoisotopic (exact) mass is 363 g/mol. The van der Waals surface area contributed by atoms with E-state index >= 15 is 0 Å². The third-order valence-corrected chi connectivity index (χ3v) is 5.83. The maximum Gasteiger partial charge on any atom is 0.243 e. The van der Waals surface area contributed by atoms with E-state index in [2.05, 4.69) is 15.9 Å². The molecular formula is C13H18BrNO4S. The van der Waals surface area contributed by atoms with Crippen molar-refractivity contribution in [1.82, 2.24) is 4.31 Å². The molecule has 1 heterocycles. The first kappa shape index (κ1) is 15.8. The summed E-state index contributed by atoms with van der Waals surface area (Å²) in [5, 5.41) is 10.1. The van der Waals surface area contributed by atoms with Crippen LogP contribution in [0.15, 0.2) is 27.6 Å². The fourth-order valence-corrected chi connectivity index (χ4v) is 4.68. The molecule has 1 aromatic carbocycles. The van der Waals surface area contributed by atoms with E-state index in [1.165, 1.54) is 23.5 Å².